The number of anilines is 2. The average molecular weight is 1080 g/mol. The van der Waals surface area contributed by atoms with Crippen LogP contribution in [-0.2, 0) is 15.1 Å². The second-order valence-corrected chi connectivity index (χ2v) is 21.5. The lowest BCUT2D eigenvalue weighted by atomic mass is 9.77. The molecule has 1 atom stereocenters. The average Bonchev–Trinajstić information content (AvgIpc) is 3.98. The Labute approximate surface area is 474 Å². The molecule has 5 rings (SSSR count). The van der Waals surface area contributed by atoms with E-state index in [0.29, 0.717) is 43.2 Å². The number of hydrogen-bond acceptors (Lipinski definition) is 8. The highest BCUT2D eigenvalue weighted by Crippen LogP contribution is 2.57. The third-order valence-electron chi connectivity index (χ3n) is 15.5. The molecule has 0 aliphatic carbocycles. The molecule has 2 heterocycles. The molecular weight excluding hydrogens is 973 g/mol. The van der Waals surface area contributed by atoms with Crippen molar-refractivity contribution in [2.75, 3.05) is 49.1 Å². The van der Waals surface area contributed by atoms with Crippen LogP contribution in [0.2, 0.25) is 0 Å². The number of carbonyl (C=O) groups is 3. The maximum atomic E-state index is 13.3. The molecule has 2 aliphatic rings. The van der Waals surface area contributed by atoms with Crippen LogP contribution in [0.1, 0.15) is 268 Å². The highest BCUT2D eigenvalue weighted by atomic mass is 16.6. The third-order valence-corrected chi connectivity index (χ3v) is 15.5. The Hall–Kier alpha value is -5.19. The third kappa shape index (κ3) is 23.6. The van der Waals surface area contributed by atoms with E-state index in [1.54, 1.807) is 6.20 Å². The van der Waals surface area contributed by atoms with Gasteiger partial charge < -0.3 is 39.8 Å². The van der Waals surface area contributed by atoms with E-state index in [4.69, 9.17) is 19.3 Å². The molecule has 0 saturated heterocycles. The summed E-state index contributed by atoms with van der Waals surface area (Å²) in [6, 6.07) is 19.6. The monoisotopic (exact) mass is 1080 g/mol. The van der Waals surface area contributed by atoms with Crippen molar-refractivity contribution in [1.29, 1.82) is 0 Å². The number of hydrogen-bond donors (Lipinski definition) is 3. The van der Waals surface area contributed by atoms with E-state index in [0.717, 1.165) is 60.3 Å². The Balaban J connectivity index is 0.000000588. The van der Waals surface area contributed by atoms with Crippen molar-refractivity contribution in [2.24, 2.45) is 0 Å². The van der Waals surface area contributed by atoms with E-state index >= 15 is 0 Å². The molecular formula is C67H108N4O7. The smallest absolute Gasteiger partial charge is 0.407 e. The minimum Gasteiger partial charge on any atom is -0.465 e. The fraction of sp³-hybridized carbons (Fsp3) is 0.657. The first kappa shape index (κ1) is 67.1. The molecule has 0 radical (unpaired) electrons. The normalized spacial score (nSPS) is 13.7. The van der Waals surface area contributed by atoms with Crippen molar-refractivity contribution in [3.05, 3.63) is 95.7 Å². The van der Waals surface area contributed by atoms with E-state index in [2.05, 4.69) is 49.8 Å². The summed E-state index contributed by atoms with van der Waals surface area (Å²) in [6.45, 7) is 16.1. The van der Waals surface area contributed by atoms with E-state index in [1.807, 2.05) is 65.6 Å². The highest BCUT2D eigenvalue weighted by Gasteiger charge is 2.53. The summed E-state index contributed by atoms with van der Waals surface area (Å²) in [4.78, 5) is 40.2. The quantitative estimate of drug-likeness (QED) is 0.0375. The maximum absolute atomic E-state index is 13.3. The van der Waals surface area contributed by atoms with Crippen LogP contribution in [0.5, 0.6) is 11.5 Å². The number of rotatable bonds is 42. The van der Waals surface area contributed by atoms with Crippen LogP contribution in [-0.4, -0.2) is 62.6 Å². The minimum atomic E-state index is -1.14. The number of likely N-dealkylation sites (N-methyl/N-ethyl adjacent to an activating group) is 1. The van der Waals surface area contributed by atoms with Crippen LogP contribution >= 0.6 is 0 Å². The van der Waals surface area contributed by atoms with Gasteiger partial charge in [-0.3, -0.25) is 0 Å². The van der Waals surface area contributed by atoms with E-state index in [9.17, 15) is 14.4 Å². The fourth-order valence-electron chi connectivity index (χ4n) is 10.9. The first-order chi connectivity index (χ1) is 37.7. The molecule has 0 saturated carbocycles. The molecule has 3 aromatic rings. The fourth-order valence-corrected chi connectivity index (χ4v) is 10.9. The summed E-state index contributed by atoms with van der Waals surface area (Å²) in [7, 11) is 0. The number of carbonyl (C=O) groups excluding carboxylic acids is 2. The Morgan fingerprint density at radius 1 is 0.564 bits per heavy atom. The first-order valence-electron chi connectivity index (χ1n) is 31.0. The van der Waals surface area contributed by atoms with Crippen molar-refractivity contribution in [3.63, 3.8) is 0 Å². The van der Waals surface area contributed by atoms with Gasteiger partial charge in [-0.05, 0) is 63.2 Å². The largest absolute Gasteiger partial charge is 0.465 e. The lowest BCUT2D eigenvalue weighted by Gasteiger charge is -2.37. The van der Waals surface area contributed by atoms with Crippen LogP contribution in [0.25, 0.3) is 0 Å². The van der Waals surface area contributed by atoms with Crippen LogP contribution in [0.3, 0.4) is 0 Å². The van der Waals surface area contributed by atoms with Gasteiger partial charge in [0.2, 0.25) is 0 Å². The summed E-state index contributed by atoms with van der Waals surface area (Å²) in [5, 5.41) is 13.8. The van der Waals surface area contributed by atoms with Gasteiger partial charge in [-0.15, -0.1) is 0 Å². The maximum Gasteiger partial charge on any atom is 0.407 e. The number of benzene rings is 3. The van der Waals surface area contributed by atoms with Gasteiger partial charge >= 0.3 is 18.2 Å². The predicted octanol–water partition coefficient (Wildman–Crippen LogP) is 19.2. The molecule has 11 heteroatoms. The molecule has 3 aromatic carbocycles. The lowest BCUT2D eigenvalue weighted by Crippen LogP contribution is -2.34. The molecule has 2 aliphatic heterocycles. The van der Waals surface area contributed by atoms with Crippen molar-refractivity contribution in [2.45, 2.75) is 246 Å². The number of nitrogens with zero attached hydrogens (tertiary/aromatic N) is 2. The van der Waals surface area contributed by atoms with Crippen LogP contribution in [0, 0.1) is 0 Å². The predicted molar refractivity (Wildman–Crippen MR) is 327 cm³/mol. The van der Waals surface area contributed by atoms with Gasteiger partial charge in [-0.1, -0.05) is 239 Å². The Bertz CT molecular complexity index is 2110. The number of unbranched alkanes of at least 4 members (excludes halogenated alkanes) is 30. The zero-order chi connectivity index (χ0) is 55.2. The van der Waals surface area contributed by atoms with Gasteiger partial charge in [0, 0.05) is 66.4 Å². The molecule has 2 amide bonds. The second-order valence-electron chi connectivity index (χ2n) is 21.5. The number of ether oxygens (including phenoxy) is 3. The van der Waals surface area contributed by atoms with Gasteiger partial charge in [0.15, 0.2) is 5.60 Å². The van der Waals surface area contributed by atoms with Gasteiger partial charge in [-0.25, -0.2) is 14.4 Å². The van der Waals surface area contributed by atoms with E-state index in [-0.39, 0.29) is 26.1 Å². The standard InChI is InChI=1S/C47H65N3O5.C19H39NO2.CH4/c1-5-9-10-11-12-13-14-15-16-17-18-19-20-21-22-25-32-48-46(52)53-34-33-50(8-4)38-29-31-42-44(36-38)54-43-35-37(49(6-2)7-3)28-30-41(43)47(42)40-27-24-23-26-39(40)45(51)55-47;1-2-3-4-5-6-7-8-9-10-11-12-13-14-15-16-17-18-20-19(21)22;/h6,23-24,26-31,35-36H,2,5,7-22,25,32-34H2,1,3-4H3,(H,48,52);20H,2-18H2,1H3,(H,21,22);1H4. The molecule has 78 heavy (non-hydrogen) atoms. The van der Waals surface area contributed by atoms with Crippen molar-refractivity contribution >= 4 is 29.5 Å². The molecule has 11 nitrogen and oxygen atoms in total. The van der Waals surface area contributed by atoms with Crippen LogP contribution < -0.4 is 25.2 Å². The number of amides is 2. The van der Waals surface area contributed by atoms with Gasteiger partial charge in [-0.2, -0.15) is 0 Å². The SMILES string of the molecule is C.C=CN(CC)c1ccc2c(c1)Oc1cc(N(CC)CCOC(=O)NCCCCCCCCCCCCCCCCCC)ccc1C21OC(=O)c2ccccc21.CCCCCCCCCCCCCCCCCCNC(=O)O. The molecule has 0 aromatic heterocycles. The highest BCUT2D eigenvalue weighted by molar-refractivity contribution is 5.97. The summed E-state index contributed by atoms with van der Waals surface area (Å²) < 4.78 is 18.5. The zero-order valence-corrected chi connectivity index (χ0v) is 48.7. The number of esters is 1. The van der Waals surface area contributed by atoms with Gasteiger partial charge in [0.05, 0.1) is 12.1 Å². The number of fused-ring (bicyclic) bond motifs is 6. The van der Waals surface area contributed by atoms with Crippen molar-refractivity contribution in [1.82, 2.24) is 10.6 Å². The van der Waals surface area contributed by atoms with Crippen LogP contribution in [0.15, 0.2) is 73.4 Å². The van der Waals surface area contributed by atoms with Gasteiger partial charge in [0.25, 0.3) is 0 Å². The first-order valence-corrected chi connectivity index (χ1v) is 31.0. The molecule has 0 fully saturated rings. The van der Waals surface area contributed by atoms with Crippen molar-refractivity contribution < 1.29 is 33.7 Å². The zero-order valence-electron chi connectivity index (χ0n) is 48.7. The Morgan fingerprint density at radius 3 is 1.42 bits per heavy atom. The number of carboxylic acid groups (broad SMARTS) is 1. The molecule has 1 unspecified atom stereocenters. The molecule has 0 bridgehead atoms. The number of alkyl carbamates (subject to hydrolysis) is 1. The molecule has 438 valence electrons. The van der Waals surface area contributed by atoms with E-state index < -0.39 is 11.7 Å². The lowest BCUT2D eigenvalue weighted by molar-refractivity contribution is 0.0224. The van der Waals surface area contributed by atoms with Gasteiger partial charge in [0.1, 0.15) is 18.1 Å². The van der Waals surface area contributed by atoms with Crippen LogP contribution in [0.4, 0.5) is 21.0 Å². The van der Waals surface area contributed by atoms with Crippen molar-refractivity contribution in [3.8, 4) is 11.5 Å². The minimum absolute atomic E-state index is 0. The summed E-state index contributed by atoms with van der Waals surface area (Å²) in [5.74, 6) is 0.882. The molecule has 3 N–H and O–H groups in total. The van der Waals surface area contributed by atoms with E-state index in [1.165, 1.54) is 180 Å². The second kappa shape index (κ2) is 40.9. The summed E-state index contributed by atoms with van der Waals surface area (Å²) in [6.07, 6.45) is 43.4. The summed E-state index contributed by atoms with van der Waals surface area (Å²) >= 11 is 0. The molecule has 1 spiro atoms. The Kier molecular flexibility index (Phi) is 35.2. The number of nitrogens with one attached hydrogen (secondary N) is 2. The summed E-state index contributed by atoms with van der Waals surface area (Å²) in [5.41, 5.74) is 3.62. The topological polar surface area (TPSA) is 130 Å². The Morgan fingerprint density at radius 2 is 0.987 bits per heavy atom.